The SMILES string of the molecule is CCOc1cc(C2/C(=C(\O)c3cc(C)ccc3OC)C(=O)C(=O)N2c2ccc(C)c(Cl)c2)ccc1O. The number of aliphatic hydroxyl groups excluding tert-OH is 1. The van der Waals surface area contributed by atoms with Gasteiger partial charge in [-0.1, -0.05) is 35.4 Å². The standard InChI is InChI=1S/C28H26ClNO6/c1-5-36-23-13-17(8-10-21(23)31)25-24(26(32)19-12-15(2)6-11-22(19)35-4)27(33)28(34)30(25)18-9-7-16(3)20(29)14-18/h6-14,25,31-32H,5H2,1-4H3/b26-24+. The Morgan fingerprint density at radius 3 is 2.44 bits per heavy atom. The smallest absolute Gasteiger partial charge is 0.300 e. The first-order valence-electron chi connectivity index (χ1n) is 11.4. The van der Waals surface area contributed by atoms with Crippen LogP contribution >= 0.6 is 11.6 Å². The van der Waals surface area contributed by atoms with Crippen LogP contribution in [0.15, 0.2) is 60.2 Å². The molecule has 1 aliphatic rings. The number of nitrogens with zero attached hydrogens (tertiary/aromatic N) is 1. The van der Waals surface area contributed by atoms with Crippen LogP contribution in [0.5, 0.6) is 17.2 Å². The van der Waals surface area contributed by atoms with E-state index in [1.807, 2.05) is 19.9 Å². The second-order valence-electron chi connectivity index (χ2n) is 8.47. The van der Waals surface area contributed by atoms with E-state index in [1.165, 1.54) is 18.1 Å². The quantitative estimate of drug-likeness (QED) is 0.252. The van der Waals surface area contributed by atoms with Crippen molar-refractivity contribution in [2.45, 2.75) is 26.8 Å². The highest BCUT2D eigenvalue weighted by atomic mass is 35.5. The van der Waals surface area contributed by atoms with Crippen molar-refractivity contribution in [3.05, 3.63) is 87.4 Å². The summed E-state index contributed by atoms with van der Waals surface area (Å²) in [6.45, 7) is 5.74. The van der Waals surface area contributed by atoms with E-state index in [9.17, 15) is 19.8 Å². The molecule has 0 radical (unpaired) electrons. The second kappa shape index (κ2) is 9.95. The van der Waals surface area contributed by atoms with E-state index in [0.29, 0.717) is 28.6 Å². The van der Waals surface area contributed by atoms with Gasteiger partial charge in [0.25, 0.3) is 11.7 Å². The van der Waals surface area contributed by atoms with Crippen LogP contribution < -0.4 is 14.4 Å². The van der Waals surface area contributed by atoms with Crippen molar-refractivity contribution in [2.75, 3.05) is 18.6 Å². The van der Waals surface area contributed by atoms with Crippen LogP contribution in [0, 0.1) is 13.8 Å². The third kappa shape index (κ3) is 4.38. The van der Waals surface area contributed by atoms with Crippen molar-refractivity contribution in [1.29, 1.82) is 0 Å². The molecule has 0 aliphatic carbocycles. The number of carbonyl (C=O) groups is 2. The number of aliphatic hydroxyl groups is 1. The van der Waals surface area contributed by atoms with E-state index in [1.54, 1.807) is 49.4 Å². The van der Waals surface area contributed by atoms with Gasteiger partial charge in [0.15, 0.2) is 11.5 Å². The van der Waals surface area contributed by atoms with Gasteiger partial charge in [-0.15, -0.1) is 0 Å². The molecule has 1 unspecified atom stereocenters. The lowest BCUT2D eigenvalue weighted by Gasteiger charge is -2.26. The number of ether oxygens (including phenoxy) is 2. The fourth-order valence-corrected chi connectivity index (χ4v) is 4.44. The summed E-state index contributed by atoms with van der Waals surface area (Å²) in [6.07, 6.45) is 0. The number of halogens is 1. The Morgan fingerprint density at radius 1 is 1.03 bits per heavy atom. The first kappa shape index (κ1) is 25.1. The number of Topliss-reactive ketones (excluding diaryl/α,β-unsaturated/α-hetero) is 1. The van der Waals surface area contributed by atoms with E-state index >= 15 is 0 Å². The normalized spacial score (nSPS) is 16.9. The molecule has 3 aromatic carbocycles. The van der Waals surface area contributed by atoms with Crippen molar-refractivity contribution in [1.82, 2.24) is 0 Å². The number of hydrogen-bond acceptors (Lipinski definition) is 6. The molecule has 0 bridgehead atoms. The highest BCUT2D eigenvalue weighted by molar-refractivity contribution is 6.52. The molecule has 0 spiro atoms. The van der Waals surface area contributed by atoms with Gasteiger partial charge in [0.1, 0.15) is 11.5 Å². The summed E-state index contributed by atoms with van der Waals surface area (Å²) in [5.74, 6) is -1.59. The number of amides is 1. The van der Waals surface area contributed by atoms with Gasteiger partial charge in [-0.2, -0.15) is 0 Å². The summed E-state index contributed by atoms with van der Waals surface area (Å²) in [4.78, 5) is 28.1. The molecule has 1 heterocycles. The number of benzene rings is 3. The number of phenols is 1. The molecule has 0 saturated carbocycles. The minimum atomic E-state index is -1.02. The molecule has 186 valence electrons. The maximum Gasteiger partial charge on any atom is 0.300 e. The molecule has 7 nitrogen and oxygen atoms in total. The lowest BCUT2D eigenvalue weighted by Crippen LogP contribution is -2.29. The van der Waals surface area contributed by atoms with E-state index in [-0.39, 0.29) is 28.4 Å². The zero-order valence-electron chi connectivity index (χ0n) is 20.3. The number of hydrogen-bond donors (Lipinski definition) is 2. The van der Waals surface area contributed by atoms with E-state index in [2.05, 4.69) is 0 Å². The van der Waals surface area contributed by atoms with Gasteiger partial charge in [-0.25, -0.2) is 0 Å². The monoisotopic (exact) mass is 507 g/mol. The molecule has 2 N–H and O–H groups in total. The molecule has 3 aromatic rings. The maximum absolute atomic E-state index is 13.4. The van der Waals surface area contributed by atoms with Gasteiger partial charge in [0.05, 0.1) is 30.9 Å². The maximum atomic E-state index is 13.4. The fraction of sp³-hybridized carbons (Fsp3) is 0.214. The van der Waals surface area contributed by atoms with Crippen LogP contribution in [-0.4, -0.2) is 35.6 Å². The first-order valence-corrected chi connectivity index (χ1v) is 11.7. The van der Waals surface area contributed by atoms with Gasteiger partial charge < -0.3 is 19.7 Å². The molecule has 0 aromatic heterocycles. The van der Waals surface area contributed by atoms with Crippen molar-refractivity contribution >= 4 is 34.7 Å². The van der Waals surface area contributed by atoms with Crippen LogP contribution in [0.25, 0.3) is 5.76 Å². The predicted molar refractivity (Wildman–Crippen MR) is 138 cm³/mol. The van der Waals surface area contributed by atoms with Crippen molar-refractivity contribution in [3.63, 3.8) is 0 Å². The van der Waals surface area contributed by atoms with Gasteiger partial charge in [-0.3, -0.25) is 14.5 Å². The lowest BCUT2D eigenvalue weighted by molar-refractivity contribution is -0.132. The van der Waals surface area contributed by atoms with Crippen molar-refractivity contribution in [3.8, 4) is 17.2 Å². The van der Waals surface area contributed by atoms with Gasteiger partial charge in [0, 0.05) is 10.7 Å². The van der Waals surface area contributed by atoms with Gasteiger partial charge in [0.2, 0.25) is 0 Å². The largest absolute Gasteiger partial charge is 0.507 e. The Balaban J connectivity index is 2.01. The minimum absolute atomic E-state index is 0.0868. The Bertz CT molecular complexity index is 1400. The molecule has 1 amide bonds. The number of ketones is 1. The molecule has 1 atom stereocenters. The molecule has 1 aliphatic heterocycles. The topological polar surface area (TPSA) is 96.3 Å². The van der Waals surface area contributed by atoms with E-state index in [4.69, 9.17) is 21.1 Å². The number of methoxy groups -OCH3 is 1. The summed E-state index contributed by atoms with van der Waals surface area (Å²) in [6, 6.07) is 13.8. The van der Waals surface area contributed by atoms with Crippen molar-refractivity contribution < 1.29 is 29.3 Å². The van der Waals surface area contributed by atoms with Crippen molar-refractivity contribution in [2.24, 2.45) is 0 Å². The lowest BCUT2D eigenvalue weighted by atomic mass is 9.94. The number of aryl methyl sites for hydroxylation is 2. The van der Waals surface area contributed by atoms with Crippen LogP contribution in [0.4, 0.5) is 5.69 Å². The first-order chi connectivity index (χ1) is 17.2. The summed E-state index contributed by atoms with van der Waals surface area (Å²) in [7, 11) is 1.46. The Morgan fingerprint density at radius 2 is 1.78 bits per heavy atom. The van der Waals surface area contributed by atoms with Crippen LogP contribution in [0.2, 0.25) is 5.02 Å². The number of rotatable bonds is 6. The zero-order chi connectivity index (χ0) is 26.1. The zero-order valence-corrected chi connectivity index (χ0v) is 21.1. The highest BCUT2D eigenvalue weighted by Gasteiger charge is 2.47. The highest BCUT2D eigenvalue weighted by Crippen LogP contribution is 2.45. The third-order valence-electron chi connectivity index (χ3n) is 6.09. The van der Waals surface area contributed by atoms with Crippen LogP contribution in [0.1, 0.15) is 35.2 Å². The molecular weight excluding hydrogens is 482 g/mol. The summed E-state index contributed by atoms with van der Waals surface area (Å²) in [5.41, 5.74) is 2.65. The summed E-state index contributed by atoms with van der Waals surface area (Å²) in [5, 5.41) is 22.1. The number of anilines is 1. The van der Waals surface area contributed by atoms with Crippen LogP contribution in [0.3, 0.4) is 0 Å². The number of aromatic hydroxyl groups is 1. The molecule has 1 fully saturated rings. The predicted octanol–water partition coefficient (Wildman–Crippen LogP) is 5.70. The van der Waals surface area contributed by atoms with Gasteiger partial charge in [-0.05, 0) is 68.3 Å². The summed E-state index contributed by atoms with van der Waals surface area (Å²) < 4.78 is 11.0. The number of carbonyl (C=O) groups excluding carboxylic acids is 2. The van der Waals surface area contributed by atoms with Gasteiger partial charge >= 0.3 is 0 Å². The molecule has 36 heavy (non-hydrogen) atoms. The van der Waals surface area contributed by atoms with Crippen LogP contribution in [-0.2, 0) is 9.59 Å². The molecular formula is C28H26ClNO6. The molecule has 1 saturated heterocycles. The Hall–Kier alpha value is -3.97. The molecule has 4 rings (SSSR count). The fourth-order valence-electron chi connectivity index (χ4n) is 4.27. The number of phenolic OH excluding ortho intramolecular Hbond substituents is 1. The average molecular weight is 508 g/mol. The third-order valence-corrected chi connectivity index (χ3v) is 6.49. The van der Waals surface area contributed by atoms with E-state index in [0.717, 1.165) is 11.1 Å². The Labute approximate surface area is 214 Å². The Kier molecular flexibility index (Phi) is 6.95. The summed E-state index contributed by atoms with van der Waals surface area (Å²) >= 11 is 6.36. The average Bonchev–Trinajstić information content (AvgIpc) is 3.12. The van der Waals surface area contributed by atoms with E-state index < -0.39 is 17.7 Å². The second-order valence-corrected chi connectivity index (χ2v) is 8.87. The minimum Gasteiger partial charge on any atom is -0.507 e. The molecule has 8 heteroatoms.